The van der Waals surface area contributed by atoms with Gasteiger partial charge in [-0.2, -0.15) is 0 Å². The van der Waals surface area contributed by atoms with E-state index in [0.29, 0.717) is 23.7 Å². The second-order valence-electron chi connectivity index (χ2n) is 6.96. The number of rotatable bonds is 10. The van der Waals surface area contributed by atoms with Gasteiger partial charge in [-0.25, -0.2) is 4.68 Å². The van der Waals surface area contributed by atoms with Gasteiger partial charge >= 0.3 is 0 Å². The average Bonchev–Trinajstić information content (AvgIpc) is 3.19. The normalized spacial score (nSPS) is 10.9. The molecule has 3 rings (SSSR count). The first kappa shape index (κ1) is 22.3. The molecule has 0 aliphatic carbocycles. The number of ether oxygens (including phenoxy) is 2. The number of nitrogens with zero attached hydrogens (tertiary/aromatic N) is 4. The van der Waals surface area contributed by atoms with Crippen molar-refractivity contribution >= 4 is 11.6 Å². The van der Waals surface area contributed by atoms with E-state index in [0.717, 1.165) is 31.1 Å². The van der Waals surface area contributed by atoms with Gasteiger partial charge in [0.15, 0.2) is 5.69 Å². The Morgan fingerprint density at radius 1 is 1.10 bits per heavy atom. The van der Waals surface area contributed by atoms with Crippen LogP contribution in [-0.4, -0.2) is 59.2 Å². The number of hydrogen-bond donors (Lipinski definition) is 1. The molecular formula is C23H29N5O3. The summed E-state index contributed by atoms with van der Waals surface area (Å²) in [6, 6.07) is 14.8. The van der Waals surface area contributed by atoms with E-state index in [-0.39, 0.29) is 11.6 Å². The lowest BCUT2D eigenvalue weighted by Gasteiger charge is -2.19. The molecule has 0 aliphatic rings. The van der Waals surface area contributed by atoms with Crippen molar-refractivity contribution in [1.29, 1.82) is 0 Å². The number of hydrogen-bond acceptors (Lipinski definition) is 6. The molecule has 0 fully saturated rings. The molecular weight excluding hydrogens is 394 g/mol. The second kappa shape index (κ2) is 10.6. The molecule has 31 heavy (non-hydrogen) atoms. The second-order valence-corrected chi connectivity index (χ2v) is 6.96. The van der Waals surface area contributed by atoms with Crippen LogP contribution in [0.15, 0.2) is 48.5 Å². The quantitative estimate of drug-likeness (QED) is 0.537. The smallest absolute Gasteiger partial charge is 0.278 e. The van der Waals surface area contributed by atoms with Crippen LogP contribution >= 0.6 is 0 Å². The van der Waals surface area contributed by atoms with E-state index in [9.17, 15) is 4.79 Å². The van der Waals surface area contributed by atoms with Gasteiger partial charge in [0.2, 0.25) is 0 Å². The largest absolute Gasteiger partial charge is 0.497 e. The zero-order valence-electron chi connectivity index (χ0n) is 18.5. The number of nitrogens with one attached hydrogen (secondary N) is 1. The van der Waals surface area contributed by atoms with Gasteiger partial charge in [-0.05, 0) is 56.4 Å². The lowest BCUT2D eigenvalue weighted by Crippen LogP contribution is -2.28. The van der Waals surface area contributed by atoms with Crippen molar-refractivity contribution in [2.45, 2.75) is 20.8 Å². The number of benzene rings is 2. The highest BCUT2D eigenvalue weighted by Gasteiger charge is 2.19. The Bertz CT molecular complexity index is 997. The monoisotopic (exact) mass is 423 g/mol. The molecule has 0 saturated carbocycles. The van der Waals surface area contributed by atoms with Crippen LogP contribution in [0.25, 0.3) is 5.69 Å². The van der Waals surface area contributed by atoms with Gasteiger partial charge in [-0.15, -0.1) is 5.10 Å². The van der Waals surface area contributed by atoms with Crippen molar-refractivity contribution in [2.75, 3.05) is 38.7 Å². The lowest BCUT2D eigenvalue weighted by molar-refractivity contribution is 0.102. The molecule has 0 bridgehead atoms. The molecule has 0 radical (unpaired) electrons. The molecule has 1 aromatic heterocycles. The number of aromatic nitrogens is 3. The highest BCUT2D eigenvalue weighted by molar-refractivity contribution is 6.04. The van der Waals surface area contributed by atoms with E-state index in [2.05, 4.69) is 34.4 Å². The van der Waals surface area contributed by atoms with Crippen molar-refractivity contribution in [2.24, 2.45) is 0 Å². The minimum Gasteiger partial charge on any atom is -0.497 e. The molecule has 1 amide bonds. The molecule has 164 valence electrons. The number of anilines is 1. The molecule has 0 atom stereocenters. The van der Waals surface area contributed by atoms with E-state index in [1.165, 1.54) is 0 Å². The van der Waals surface area contributed by atoms with E-state index in [1.54, 1.807) is 11.8 Å². The van der Waals surface area contributed by atoms with Crippen LogP contribution in [0.1, 0.15) is 30.0 Å². The first-order chi connectivity index (χ1) is 15.1. The molecule has 0 saturated heterocycles. The summed E-state index contributed by atoms with van der Waals surface area (Å²) in [4.78, 5) is 15.2. The fraction of sp³-hybridized carbons (Fsp3) is 0.348. The molecule has 0 aliphatic heterocycles. The van der Waals surface area contributed by atoms with Crippen LogP contribution in [0, 0.1) is 6.92 Å². The minimum atomic E-state index is -0.336. The number of amides is 1. The molecule has 8 heteroatoms. The van der Waals surface area contributed by atoms with Crippen molar-refractivity contribution in [3.63, 3.8) is 0 Å². The van der Waals surface area contributed by atoms with E-state index in [4.69, 9.17) is 9.47 Å². The lowest BCUT2D eigenvalue weighted by atomic mass is 10.2. The van der Waals surface area contributed by atoms with Gasteiger partial charge < -0.3 is 19.7 Å². The van der Waals surface area contributed by atoms with E-state index in [1.807, 2.05) is 55.5 Å². The minimum absolute atomic E-state index is 0.258. The molecule has 0 spiro atoms. The Hall–Kier alpha value is -3.39. The van der Waals surface area contributed by atoms with Gasteiger partial charge in [0.05, 0.1) is 24.2 Å². The highest BCUT2D eigenvalue weighted by Crippen LogP contribution is 2.25. The van der Waals surface area contributed by atoms with E-state index >= 15 is 0 Å². The summed E-state index contributed by atoms with van der Waals surface area (Å²) in [6.45, 7) is 9.37. The topological polar surface area (TPSA) is 81.5 Å². The summed E-state index contributed by atoms with van der Waals surface area (Å²) in [7, 11) is 1.61. The first-order valence-electron chi connectivity index (χ1n) is 10.4. The highest BCUT2D eigenvalue weighted by atomic mass is 16.5. The number of para-hydroxylation sites is 2. The Morgan fingerprint density at radius 2 is 1.81 bits per heavy atom. The summed E-state index contributed by atoms with van der Waals surface area (Å²) >= 11 is 0. The van der Waals surface area contributed by atoms with Crippen molar-refractivity contribution < 1.29 is 14.3 Å². The summed E-state index contributed by atoms with van der Waals surface area (Å²) in [5.74, 6) is 1.04. The molecule has 2 aromatic carbocycles. The van der Waals surface area contributed by atoms with Crippen LogP contribution in [0.3, 0.4) is 0 Å². The predicted octanol–water partition coefficient (Wildman–Crippen LogP) is 3.56. The number of likely N-dealkylation sites (N-methyl/N-ethyl adjacent to an activating group) is 1. The van der Waals surface area contributed by atoms with Crippen molar-refractivity contribution in [1.82, 2.24) is 19.9 Å². The molecule has 3 aromatic rings. The SMILES string of the molecule is CCN(CC)CCOc1ccccc1NC(=O)c1nnn(-c2ccc(OC)cc2)c1C. The Labute approximate surface area is 182 Å². The third-order valence-corrected chi connectivity index (χ3v) is 5.12. The molecule has 1 heterocycles. The van der Waals surface area contributed by atoms with Gasteiger partial charge in [0, 0.05) is 6.54 Å². The maximum Gasteiger partial charge on any atom is 0.278 e. The van der Waals surface area contributed by atoms with E-state index < -0.39 is 0 Å². The maximum absolute atomic E-state index is 12.9. The maximum atomic E-state index is 12.9. The van der Waals surface area contributed by atoms with Crippen LogP contribution in [0.4, 0.5) is 5.69 Å². The Morgan fingerprint density at radius 3 is 2.48 bits per heavy atom. The predicted molar refractivity (Wildman–Crippen MR) is 120 cm³/mol. The van der Waals surface area contributed by atoms with Gasteiger partial charge in [-0.3, -0.25) is 4.79 Å². The number of carbonyl (C=O) groups is 1. The zero-order chi connectivity index (χ0) is 22.2. The number of methoxy groups -OCH3 is 1. The fourth-order valence-corrected chi connectivity index (χ4v) is 3.21. The summed E-state index contributed by atoms with van der Waals surface area (Å²) in [5.41, 5.74) is 2.30. The third-order valence-electron chi connectivity index (χ3n) is 5.12. The Kier molecular flexibility index (Phi) is 7.61. The third kappa shape index (κ3) is 5.40. The van der Waals surface area contributed by atoms with Gasteiger partial charge in [0.25, 0.3) is 5.91 Å². The fourth-order valence-electron chi connectivity index (χ4n) is 3.21. The summed E-state index contributed by atoms with van der Waals surface area (Å²) in [5, 5.41) is 11.1. The van der Waals surface area contributed by atoms with Crippen LogP contribution in [0.5, 0.6) is 11.5 Å². The van der Waals surface area contributed by atoms with Crippen LogP contribution in [0.2, 0.25) is 0 Å². The first-order valence-corrected chi connectivity index (χ1v) is 10.4. The number of carbonyl (C=O) groups excluding carboxylic acids is 1. The average molecular weight is 424 g/mol. The van der Waals surface area contributed by atoms with Crippen molar-refractivity contribution in [3.05, 3.63) is 59.9 Å². The molecule has 0 unspecified atom stereocenters. The molecule has 1 N–H and O–H groups in total. The van der Waals surface area contributed by atoms with Crippen LogP contribution < -0.4 is 14.8 Å². The zero-order valence-corrected chi connectivity index (χ0v) is 18.5. The summed E-state index contributed by atoms with van der Waals surface area (Å²) in [6.07, 6.45) is 0. The van der Waals surface area contributed by atoms with Gasteiger partial charge in [-0.1, -0.05) is 31.2 Å². The standard InChI is InChI=1S/C23H29N5O3/c1-5-27(6-2)15-16-31-21-10-8-7-9-20(21)24-23(29)22-17(3)28(26-25-22)18-11-13-19(30-4)14-12-18/h7-14H,5-6,15-16H2,1-4H3,(H,24,29). The Balaban J connectivity index is 1.71. The van der Waals surface area contributed by atoms with Crippen LogP contribution in [-0.2, 0) is 0 Å². The van der Waals surface area contributed by atoms with Gasteiger partial charge in [0.1, 0.15) is 18.1 Å². The van der Waals surface area contributed by atoms with Crippen molar-refractivity contribution in [3.8, 4) is 17.2 Å². The summed E-state index contributed by atoms with van der Waals surface area (Å²) < 4.78 is 12.7. The molecule has 8 nitrogen and oxygen atoms in total.